The quantitative estimate of drug-likeness (QED) is 0.915. The van der Waals surface area contributed by atoms with E-state index in [1.807, 2.05) is 6.07 Å². The standard InChI is InChI=1S/C17H26N2O/c1-4-8-16(20)19-12-15(18-13-17(19,2)3)11-14-9-6-5-7-10-14/h5-7,9-10,15,18H,4,8,11-13H2,1-3H3. The number of nitrogens with zero attached hydrogens (tertiary/aromatic N) is 1. The normalized spacial score (nSPS) is 21.8. The van der Waals surface area contributed by atoms with Crippen molar-refractivity contribution < 1.29 is 4.79 Å². The second-order valence-corrected chi connectivity index (χ2v) is 6.33. The molecule has 3 heteroatoms. The van der Waals surface area contributed by atoms with Crippen molar-refractivity contribution in [2.24, 2.45) is 0 Å². The first-order valence-corrected chi connectivity index (χ1v) is 7.60. The maximum atomic E-state index is 12.3. The maximum Gasteiger partial charge on any atom is 0.223 e. The summed E-state index contributed by atoms with van der Waals surface area (Å²) in [5, 5.41) is 3.59. The van der Waals surface area contributed by atoms with Crippen molar-refractivity contribution in [1.29, 1.82) is 0 Å². The molecule has 1 saturated heterocycles. The van der Waals surface area contributed by atoms with Gasteiger partial charge in [-0.1, -0.05) is 37.3 Å². The minimum atomic E-state index is -0.0839. The van der Waals surface area contributed by atoms with E-state index in [0.29, 0.717) is 12.5 Å². The molecular formula is C17H26N2O. The predicted octanol–water partition coefficient (Wildman–Crippen LogP) is 2.61. The fraction of sp³-hybridized carbons (Fsp3) is 0.588. The number of nitrogens with one attached hydrogen (secondary N) is 1. The zero-order chi connectivity index (χ0) is 14.6. The largest absolute Gasteiger partial charge is 0.335 e. The predicted molar refractivity (Wildman–Crippen MR) is 82.6 cm³/mol. The first kappa shape index (κ1) is 15.0. The van der Waals surface area contributed by atoms with Crippen LogP contribution >= 0.6 is 0 Å². The molecule has 1 aromatic rings. The van der Waals surface area contributed by atoms with Gasteiger partial charge in [-0.05, 0) is 32.3 Å². The number of carbonyl (C=O) groups excluding carboxylic acids is 1. The van der Waals surface area contributed by atoms with E-state index < -0.39 is 0 Å². The average molecular weight is 274 g/mol. The molecule has 1 aromatic carbocycles. The molecule has 3 nitrogen and oxygen atoms in total. The lowest BCUT2D eigenvalue weighted by Gasteiger charge is -2.46. The maximum absolute atomic E-state index is 12.3. The van der Waals surface area contributed by atoms with Gasteiger partial charge in [-0.15, -0.1) is 0 Å². The first-order valence-electron chi connectivity index (χ1n) is 7.60. The molecule has 1 heterocycles. The Kier molecular flexibility index (Phi) is 4.81. The molecule has 1 aliphatic rings. The third-order valence-electron chi connectivity index (χ3n) is 4.05. The lowest BCUT2D eigenvalue weighted by atomic mass is 9.94. The lowest BCUT2D eigenvalue weighted by molar-refractivity contribution is -0.138. The summed E-state index contributed by atoms with van der Waals surface area (Å²) in [6, 6.07) is 10.8. The molecule has 2 rings (SSSR count). The molecule has 0 spiro atoms. The van der Waals surface area contributed by atoms with Crippen LogP contribution in [-0.4, -0.2) is 35.5 Å². The minimum Gasteiger partial charge on any atom is -0.335 e. The molecule has 20 heavy (non-hydrogen) atoms. The van der Waals surface area contributed by atoms with Crippen LogP contribution in [0.1, 0.15) is 39.2 Å². The second-order valence-electron chi connectivity index (χ2n) is 6.33. The van der Waals surface area contributed by atoms with Crippen LogP contribution in [0.4, 0.5) is 0 Å². The molecule has 0 aliphatic carbocycles. The summed E-state index contributed by atoms with van der Waals surface area (Å²) in [6.45, 7) is 8.02. The summed E-state index contributed by atoms with van der Waals surface area (Å²) in [6.07, 6.45) is 2.55. The second kappa shape index (κ2) is 6.40. The van der Waals surface area contributed by atoms with Crippen LogP contribution in [0.3, 0.4) is 0 Å². The van der Waals surface area contributed by atoms with Crippen molar-refractivity contribution in [2.45, 2.75) is 51.6 Å². The van der Waals surface area contributed by atoms with E-state index in [0.717, 1.165) is 25.9 Å². The Morgan fingerprint density at radius 3 is 2.70 bits per heavy atom. The third kappa shape index (κ3) is 3.60. The van der Waals surface area contributed by atoms with Gasteiger partial charge in [0.1, 0.15) is 0 Å². The van der Waals surface area contributed by atoms with E-state index in [1.165, 1.54) is 5.56 Å². The van der Waals surface area contributed by atoms with Gasteiger partial charge in [0.2, 0.25) is 5.91 Å². The summed E-state index contributed by atoms with van der Waals surface area (Å²) in [4.78, 5) is 14.4. The Morgan fingerprint density at radius 2 is 2.05 bits per heavy atom. The van der Waals surface area contributed by atoms with Gasteiger partial charge in [-0.3, -0.25) is 4.79 Å². The SMILES string of the molecule is CCCC(=O)N1CC(Cc2ccccc2)NCC1(C)C. The Bertz CT molecular complexity index is 442. The molecule has 110 valence electrons. The van der Waals surface area contributed by atoms with Crippen molar-refractivity contribution in [1.82, 2.24) is 10.2 Å². The smallest absolute Gasteiger partial charge is 0.223 e. The Balaban J connectivity index is 2.02. The van der Waals surface area contributed by atoms with Gasteiger partial charge in [0.15, 0.2) is 0 Å². The Hall–Kier alpha value is -1.35. The zero-order valence-corrected chi connectivity index (χ0v) is 12.9. The van der Waals surface area contributed by atoms with Crippen molar-refractivity contribution >= 4 is 5.91 Å². The van der Waals surface area contributed by atoms with E-state index in [-0.39, 0.29) is 11.4 Å². The van der Waals surface area contributed by atoms with Crippen molar-refractivity contribution in [3.8, 4) is 0 Å². The summed E-state index contributed by atoms with van der Waals surface area (Å²) in [5.74, 6) is 0.289. The summed E-state index contributed by atoms with van der Waals surface area (Å²) in [5.41, 5.74) is 1.24. The minimum absolute atomic E-state index is 0.0839. The fourth-order valence-corrected chi connectivity index (χ4v) is 2.85. The van der Waals surface area contributed by atoms with Crippen LogP contribution in [0.2, 0.25) is 0 Å². The molecule has 0 bridgehead atoms. The number of carbonyl (C=O) groups is 1. The number of amides is 1. The van der Waals surface area contributed by atoms with Crippen LogP contribution in [-0.2, 0) is 11.2 Å². The van der Waals surface area contributed by atoms with E-state index in [1.54, 1.807) is 0 Å². The van der Waals surface area contributed by atoms with Crippen LogP contribution in [0.25, 0.3) is 0 Å². The number of piperazine rings is 1. The van der Waals surface area contributed by atoms with Gasteiger partial charge in [0.05, 0.1) is 0 Å². The first-order chi connectivity index (χ1) is 9.53. The van der Waals surface area contributed by atoms with Crippen LogP contribution in [0.15, 0.2) is 30.3 Å². The number of hydrogen-bond donors (Lipinski definition) is 1. The lowest BCUT2D eigenvalue weighted by Crippen LogP contribution is -2.64. The molecule has 1 fully saturated rings. The number of hydrogen-bond acceptors (Lipinski definition) is 2. The van der Waals surface area contributed by atoms with Gasteiger partial charge in [-0.2, -0.15) is 0 Å². The topological polar surface area (TPSA) is 32.3 Å². The van der Waals surface area contributed by atoms with Gasteiger partial charge in [-0.25, -0.2) is 0 Å². The highest BCUT2D eigenvalue weighted by Crippen LogP contribution is 2.21. The zero-order valence-electron chi connectivity index (χ0n) is 12.9. The highest BCUT2D eigenvalue weighted by Gasteiger charge is 2.36. The van der Waals surface area contributed by atoms with Gasteiger partial charge in [0.25, 0.3) is 0 Å². The van der Waals surface area contributed by atoms with Crippen LogP contribution < -0.4 is 5.32 Å². The van der Waals surface area contributed by atoms with Gasteiger partial charge < -0.3 is 10.2 Å². The van der Waals surface area contributed by atoms with E-state index in [9.17, 15) is 4.79 Å². The fourth-order valence-electron chi connectivity index (χ4n) is 2.85. The Labute approximate surface area is 122 Å². The van der Waals surface area contributed by atoms with Gasteiger partial charge in [0, 0.05) is 31.1 Å². The van der Waals surface area contributed by atoms with E-state index in [4.69, 9.17) is 0 Å². The molecule has 0 saturated carbocycles. The van der Waals surface area contributed by atoms with Crippen molar-refractivity contribution in [3.63, 3.8) is 0 Å². The third-order valence-corrected chi connectivity index (χ3v) is 4.05. The molecule has 1 atom stereocenters. The van der Waals surface area contributed by atoms with Gasteiger partial charge >= 0.3 is 0 Å². The summed E-state index contributed by atoms with van der Waals surface area (Å²) >= 11 is 0. The summed E-state index contributed by atoms with van der Waals surface area (Å²) in [7, 11) is 0. The summed E-state index contributed by atoms with van der Waals surface area (Å²) < 4.78 is 0. The molecule has 0 aromatic heterocycles. The van der Waals surface area contributed by atoms with Crippen LogP contribution in [0.5, 0.6) is 0 Å². The number of benzene rings is 1. The van der Waals surface area contributed by atoms with E-state index >= 15 is 0 Å². The molecule has 1 aliphatic heterocycles. The molecule has 1 unspecified atom stereocenters. The highest BCUT2D eigenvalue weighted by atomic mass is 16.2. The van der Waals surface area contributed by atoms with Crippen molar-refractivity contribution in [3.05, 3.63) is 35.9 Å². The molecular weight excluding hydrogens is 248 g/mol. The molecule has 1 amide bonds. The average Bonchev–Trinajstić information content (AvgIpc) is 2.42. The van der Waals surface area contributed by atoms with Crippen LogP contribution in [0, 0.1) is 0 Å². The van der Waals surface area contributed by atoms with Crippen molar-refractivity contribution in [2.75, 3.05) is 13.1 Å². The van der Waals surface area contributed by atoms with E-state index in [2.05, 4.69) is 55.3 Å². The molecule has 1 N–H and O–H groups in total. The molecule has 0 radical (unpaired) electrons. The highest BCUT2D eigenvalue weighted by molar-refractivity contribution is 5.77. The Morgan fingerprint density at radius 1 is 1.35 bits per heavy atom. The monoisotopic (exact) mass is 274 g/mol. The number of rotatable bonds is 4.